The summed E-state index contributed by atoms with van der Waals surface area (Å²) in [4.78, 5) is 11.9. The zero-order chi connectivity index (χ0) is 15.6. The van der Waals surface area contributed by atoms with E-state index in [-0.39, 0.29) is 16.1 Å². The van der Waals surface area contributed by atoms with Crippen LogP contribution in [0.5, 0.6) is 0 Å². The van der Waals surface area contributed by atoms with Crippen molar-refractivity contribution < 1.29 is 22.0 Å². The molecule has 0 aromatic heterocycles. The van der Waals surface area contributed by atoms with Crippen molar-refractivity contribution >= 4 is 21.4 Å². The summed E-state index contributed by atoms with van der Waals surface area (Å²) in [5.41, 5.74) is -0.339. The summed E-state index contributed by atoms with van der Waals surface area (Å²) < 4.78 is 49.5. The molecule has 110 valence electrons. The van der Waals surface area contributed by atoms with Gasteiger partial charge in [0.1, 0.15) is 11.6 Å². The summed E-state index contributed by atoms with van der Waals surface area (Å²) in [5, 5.41) is 2.22. The van der Waals surface area contributed by atoms with Crippen LogP contribution in [-0.4, -0.2) is 20.6 Å². The lowest BCUT2D eigenvalue weighted by molar-refractivity contribution is 0.102. The van der Waals surface area contributed by atoms with Crippen molar-refractivity contribution in [3.8, 4) is 0 Å². The number of halogens is 2. The van der Waals surface area contributed by atoms with Crippen LogP contribution in [0.25, 0.3) is 0 Å². The first-order valence-electron chi connectivity index (χ1n) is 5.84. The molecule has 4 nitrogen and oxygen atoms in total. The second-order valence-electron chi connectivity index (χ2n) is 4.35. The first kappa shape index (κ1) is 15.1. The summed E-state index contributed by atoms with van der Waals surface area (Å²) in [7, 11) is -3.60. The molecule has 0 unspecified atom stereocenters. The number of anilines is 1. The van der Waals surface area contributed by atoms with Gasteiger partial charge in [0, 0.05) is 12.3 Å². The number of nitrogens with one attached hydrogen (secondary N) is 1. The maximum atomic E-state index is 13.5. The normalized spacial score (nSPS) is 11.2. The van der Waals surface area contributed by atoms with Gasteiger partial charge in [-0.1, -0.05) is 12.1 Å². The molecule has 0 aliphatic rings. The van der Waals surface area contributed by atoms with E-state index in [9.17, 15) is 22.0 Å². The first-order chi connectivity index (χ1) is 9.79. The van der Waals surface area contributed by atoms with Gasteiger partial charge in [-0.15, -0.1) is 0 Å². The molecule has 0 fully saturated rings. The van der Waals surface area contributed by atoms with Crippen LogP contribution in [-0.2, 0) is 9.84 Å². The number of hydrogen-bond donors (Lipinski definition) is 1. The third-order valence-electron chi connectivity index (χ3n) is 2.71. The number of rotatable bonds is 3. The number of carbonyl (C=O) groups excluding carboxylic acids is 1. The fraction of sp³-hybridized carbons (Fsp3) is 0.0714. The highest BCUT2D eigenvalue weighted by Gasteiger charge is 2.19. The SMILES string of the molecule is CS(=O)(=O)c1ccccc1C(=O)Nc1ccc(F)cc1F. The Morgan fingerprint density at radius 1 is 1.10 bits per heavy atom. The third-order valence-corrected chi connectivity index (χ3v) is 3.87. The molecule has 7 heteroatoms. The van der Waals surface area contributed by atoms with Crippen molar-refractivity contribution in [1.82, 2.24) is 0 Å². The van der Waals surface area contributed by atoms with Crippen LogP contribution in [0.2, 0.25) is 0 Å². The zero-order valence-electron chi connectivity index (χ0n) is 10.9. The molecule has 0 bridgehead atoms. The average molecular weight is 311 g/mol. The highest BCUT2D eigenvalue weighted by molar-refractivity contribution is 7.90. The number of benzene rings is 2. The Morgan fingerprint density at radius 3 is 2.38 bits per heavy atom. The minimum Gasteiger partial charge on any atom is -0.319 e. The van der Waals surface area contributed by atoms with Crippen molar-refractivity contribution in [2.75, 3.05) is 11.6 Å². The molecule has 0 saturated heterocycles. The number of carbonyl (C=O) groups is 1. The molecule has 0 aliphatic carbocycles. The molecule has 1 N–H and O–H groups in total. The third kappa shape index (κ3) is 3.43. The minimum absolute atomic E-state index is 0.108. The molecule has 1 amide bonds. The first-order valence-corrected chi connectivity index (χ1v) is 7.73. The molecule has 0 spiro atoms. The quantitative estimate of drug-likeness (QED) is 0.948. The lowest BCUT2D eigenvalue weighted by Crippen LogP contribution is -2.16. The molecule has 0 saturated carbocycles. The second kappa shape index (κ2) is 5.61. The van der Waals surface area contributed by atoms with Crippen molar-refractivity contribution in [2.45, 2.75) is 4.90 Å². The van der Waals surface area contributed by atoms with E-state index < -0.39 is 27.4 Å². The fourth-order valence-electron chi connectivity index (χ4n) is 1.76. The van der Waals surface area contributed by atoms with E-state index in [1.165, 1.54) is 24.3 Å². The van der Waals surface area contributed by atoms with E-state index in [0.29, 0.717) is 6.07 Å². The van der Waals surface area contributed by atoms with E-state index >= 15 is 0 Å². The maximum Gasteiger partial charge on any atom is 0.257 e. The predicted molar refractivity (Wildman–Crippen MR) is 73.9 cm³/mol. The summed E-state index contributed by atoms with van der Waals surface area (Å²) >= 11 is 0. The van der Waals surface area contributed by atoms with E-state index in [2.05, 4.69) is 5.32 Å². The van der Waals surface area contributed by atoms with Gasteiger partial charge in [0.05, 0.1) is 16.1 Å². The summed E-state index contributed by atoms with van der Waals surface area (Å²) in [5.74, 6) is -2.51. The molecule has 2 aromatic rings. The molecule has 21 heavy (non-hydrogen) atoms. The van der Waals surface area contributed by atoms with Crippen LogP contribution in [0.1, 0.15) is 10.4 Å². The molecule has 0 aliphatic heterocycles. The van der Waals surface area contributed by atoms with Crippen LogP contribution in [0, 0.1) is 11.6 Å². The molecule has 0 heterocycles. The largest absolute Gasteiger partial charge is 0.319 e. The standard InChI is InChI=1S/C14H11F2NO3S/c1-21(19,20)13-5-3-2-4-10(13)14(18)17-12-7-6-9(15)8-11(12)16/h2-8H,1H3,(H,17,18). The van der Waals surface area contributed by atoms with Crippen LogP contribution >= 0.6 is 0 Å². The Hall–Kier alpha value is -2.28. The van der Waals surface area contributed by atoms with Crippen LogP contribution in [0.4, 0.5) is 14.5 Å². The van der Waals surface area contributed by atoms with Gasteiger partial charge >= 0.3 is 0 Å². The molecule has 0 atom stereocenters. The molecular weight excluding hydrogens is 300 g/mol. The van der Waals surface area contributed by atoms with Gasteiger partial charge in [0.2, 0.25) is 0 Å². The minimum atomic E-state index is -3.60. The van der Waals surface area contributed by atoms with Gasteiger partial charge in [-0.3, -0.25) is 4.79 Å². The average Bonchev–Trinajstić information content (AvgIpc) is 2.41. The van der Waals surface area contributed by atoms with E-state index in [1.54, 1.807) is 0 Å². The van der Waals surface area contributed by atoms with Gasteiger partial charge < -0.3 is 5.32 Å². The summed E-state index contributed by atoms with van der Waals surface area (Å²) in [6.45, 7) is 0. The van der Waals surface area contributed by atoms with Crippen molar-refractivity contribution in [1.29, 1.82) is 0 Å². The molecular formula is C14H11F2NO3S. The molecule has 0 radical (unpaired) electrons. The highest BCUT2D eigenvalue weighted by atomic mass is 32.2. The highest BCUT2D eigenvalue weighted by Crippen LogP contribution is 2.19. The van der Waals surface area contributed by atoms with Crippen LogP contribution in [0.15, 0.2) is 47.4 Å². The van der Waals surface area contributed by atoms with Gasteiger partial charge in [0.25, 0.3) is 5.91 Å². The lowest BCUT2D eigenvalue weighted by Gasteiger charge is -2.09. The Balaban J connectivity index is 2.38. The number of sulfone groups is 1. The topological polar surface area (TPSA) is 63.2 Å². The van der Waals surface area contributed by atoms with Crippen molar-refractivity contribution in [3.05, 3.63) is 59.7 Å². The Bertz CT molecular complexity index is 804. The second-order valence-corrected chi connectivity index (χ2v) is 6.33. The monoisotopic (exact) mass is 311 g/mol. The van der Waals surface area contributed by atoms with Crippen LogP contribution < -0.4 is 5.32 Å². The van der Waals surface area contributed by atoms with Gasteiger partial charge in [0.15, 0.2) is 9.84 Å². The number of amides is 1. The smallest absolute Gasteiger partial charge is 0.257 e. The van der Waals surface area contributed by atoms with E-state index in [1.807, 2.05) is 0 Å². The Kier molecular flexibility index (Phi) is 4.04. The fourth-order valence-corrected chi connectivity index (χ4v) is 2.64. The zero-order valence-corrected chi connectivity index (χ0v) is 11.7. The van der Waals surface area contributed by atoms with Gasteiger partial charge in [-0.05, 0) is 24.3 Å². The van der Waals surface area contributed by atoms with E-state index in [4.69, 9.17) is 0 Å². The van der Waals surface area contributed by atoms with Gasteiger partial charge in [-0.25, -0.2) is 17.2 Å². The lowest BCUT2D eigenvalue weighted by atomic mass is 10.2. The summed E-state index contributed by atoms with van der Waals surface area (Å²) in [6.07, 6.45) is 0.970. The Morgan fingerprint density at radius 2 is 1.76 bits per heavy atom. The van der Waals surface area contributed by atoms with Gasteiger partial charge in [-0.2, -0.15) is 0 Å². The number of hydrogen-bond acceptors (Lipinski definition) is 3. The van der Waals surface area contributed by atoms with Crippen molar-refractivity contribution in [3.63, 3.8) is 0 Å². The van der Waals surface area contributed by atoms with Crippen LogP contribution in [0.3, 0.4) is 0 Å². The van der Waals surface area contributed by atoms with Crippen molar-refractivity contribution in [2.24, 2.45) is 0 Å². The predicted octanol–water partition coefficient (Wildman–Crippen LogP) is 2.62. The maximum absolute atomic E-state index is 13.5. The molecule has 2 aromatic carbocycles. The Labute approximate surface area is 120 Å². The summed E-state index contributed by atoms with van der Waals surface area (Å²) in [6, 6.07) is 8.24. The van der Waals surface area contributed by atoms with E-state index in [0.717, 1.165) is 18.4 Å². The molecule has 2 rings (SSSR count).